The molecule has 3 N–H and O–H groups in total. The monoisotopic (exact) mass is 802 g/mol. The van der Waals surface area contributed by atoms with E-state index < -0.39 is 17.1 Å². The summed E-state index contributed by atoms with van der Waals surface area (Å²) in [5.74, 6) is -1.31. The molecule has 0 aliphatic rings. The van der Waals surface area contributed by atoms with Crippen molar-refractivity contribution in [1.82, 2.24) is 10.3 Å². The number of carbonyl (C=O) groups excluding carboxylic acids is 3. The normalized spacial score (nSPS) is 11.8. The van der Waals surface area contributed by atoms with Crippen molar-refractivity contribution >= 4 is 104 Å². The van der Waals surface area contributed by atoms with Crippen LogP contribution in [-0.2, 0) is 9.59 Å². The Morgan fingerprint density at radius 2 is 1.46 bits per heavy atom. The van der Waals surface area contributed by atoms with Gasteiger partial charge in [-0.15, -0.1) is 23.1 Å². The highest BCUT2D eigenvalue weighted by Gasteiger charge is 2.24. The second-order valence-electron chi connectivity index (χ2n) is 11.1. The molecule has 6 rings (SSSR count). The highest BCUT2D eigenvalue weighted by atomic mass is 35.5. The molecule has 0 aliphatic carbocycles. The third-order valence-corrected chi connectivity index (χ3v) is 10.9. The van der Waals surface area contributed by atoms with Gasteiger partial charge in [-0.1, -0.05) is 107 Å². The summed E-state index contributed by atoms with van der Waals surface area (Å²) in [6, 6.07) is 35.1. The smallest absolute Gasteiger partial charge is 0.272 e. The molecule has 7 nitrogen and oxygen atoms in total. The number of anilines is 2. The maximum absolute atomic E-state index is 13.7. The van der Waals surface area contributed by atoms with Gasteiger partial charge in [0.15, 0.2) is 5.13 Å². The van der Waals surface area contributed by atoms with Crippen molar-refractivity contribution in [3.63, 3.8) is 0 Å². The first-order chi connectivity index (χ1) is 25.1. The molecular formula is C39H26Cl4N4O3S2. The SMILES string of the molecule is O=C(Nc1ccc(SC(C(=O)Nc2nc(-c3ccc(Cl)cc3Cl)cs2)c2ccccc2)cc1)/C(=C/c1cccc(Cl)c1Cl)NC(=O)c1ccccc1. The van der Waals surface area contributed by atoms with Crippen molar-refractivity contribution < 1.29 is 14.4 Å². The van der Waals surface area contributed by atoms with Gasteiger partial charge in [0.05, 0.1) is 20.8 Å². The van der Waals surface area contributed by atoms with Crippen LogP contribution in [0.5, 0.6) is 0 Å². The highest BCUT2D eigenvalue weighted by Crippen LogP contribution is 2.38. The fourth-order valence-corrected chi connectivity index (χ4v) is 7.51. The maximum atomic E-state index is 13.7. The molecule has 0 saturated carbocycles. The topological polar surface area (TPSA) is 100 Å². The minimum absolute atomic E-state index is 0.0408. The Hall–Kier alpha value is -4.61. The number of benzene rings is 5. The Morgan fingerprint density at radius 1 is 0.750 bits per heavy atom. The van der Waals surface area contributed by atoms with E-state index in [1.165, 1.54) is 29.2 Å². The zero-order valence-corrected chi connectivity index (χ0v) is 31.4. The van der Waals surface area contributed by atoms with E-state index in [4.69, 9.17) is 46.4 Å². The number of thioether (sulfide) groups is 1. The number of hydrogen-bond acceptors (Lipinski definition) is 6. The number of thiazole rings is 1. The van der Waals surface area contributed by atoms with E-state index >= 15 is 0 Å². The van der Waals surface area contributed by atoms with Gasteiger partial charge in [0.2, 0.25) is 5.91 Å². The van der Waals surface area contributed by atoms with E-state index in [9.17, 15) is 14.4 Å². The summed E-state index contributed by atoms with van der Waals surface area (Å²) < 4.78 is 0. The van der Waals surface area contributed by atoms with Crippen molar-refractivity contribution in [2.75, 3.05) is 10.6 Å². The average molecular weight is 805 g/mol. The second kappa shape index (κ2) is 17.3. The van der Waals surface area contributed by atoms with E-state index in [1.807, 2.05) is 35.7 Å². The molecule has 1 unspecified atom stereocenters. The lowest BCUT2D eigenvalue weighted by atomic mass is 10.1. The third kappa shape index (κ3) is 9.43. The van der Waals surface area contributed by atoms with Crippen LogP contribution in [-0.4, -0.2) is 22.7 Å². The summed E-state index contributed by atoms with van der Waals surface area (Å²) in [4.78, 5) is 45.7. The molecule has 1 aromatic heterocycles. The van der Waals surface area contributed by atoms with Gasteiger partial charge in [0.25, 0.3) is 11.8 Å². The third-order valence-electron chi connectivity index (χ3n) is 7.46. The number of hydrogen-bond donors (Lipinski definition) is 3. The van der Waals surface area contributed by atoms with Crippen LogP contribution in [0.3, 0.4) is 0 Å². The minimum atomic E-state index is -0.627. The molecule has 5 aromatic carbocycles. The lowest BCUT2D eigenvalue weighted by Gasteiger charge is -2.17. The van der Waals surface area contributed by atoms with Gasteiger partial charge in [0, 0.05) is 32.1 Å². The quantitative estimate of drug-likeness (QED) is 0.0894. The van der Waals surface area contributed by atoms with Crippen LogP contribution in [0.15, 0.2) is 137 Å². The number of aromatic nitrogens is 1. The largest absolute Gasteiger partial charge is 0.321 e. The number of halogens is 4. The Labute approximate surface area is 328 Å². The van der Waals surface area contributed by atoms with E-state index in [1.54, 1.807) is 91.0 Å². The van der Waals surface area contributed by atoms with Crippen molar-refractivity contribution in [3.05, 3.63) is 169 Å². The standard InChI is InChI=1S/C39H26Cl4N4O3S2/c40-26-14-19-29(31(42)21-26)33-22-51-39(46-33)47-38(50)35(23-8-3-1-4-9-23)52-28-17-15-27(16-18-28)44-37(49)32(20-25-12-7-13-30(41)34(25)43)45-36(48)24-10-5-2-6-11-24/h1-22,35H,(H,44,49)(H,45,48)(H,46,47,50)/b32-20-. The molecule has 260 valence electrons. The lowest BCUT2D eigenvalue weighted by Crippen LogP contribution is -2.30. The molecule has 52 heavy (non-hydrogen) atoms. The zero-order valence-electron chi connectivity index (χ0n) is 26.8. The van der Waals surface area contributed by atoms with Gasteiger partial charge in [-0.3, -0.25) is 14.4 Å². The fourth-order valence-electron chi connectivity index (χ4n) is 4.90. The molecule has 0 aliphatic heterocycles. The molecule has 0 bridgehead atoms. The first-order valence-corrected chi connectivity index (χ1v) is 18.8. The summed E-state index contributed by atoms with van der Waals surface area (Å²) in [5, 5.41) is 11.6. The predicted molar refractivity (Wildman–Crippen MR) is 215 cm³/mol. The van der Waals surface area contributed by atoms with Crippen LogP contribution in [0.25, 0.3) is 17.3 Å². The molecule has 1 atom stereocenters. The Kier molecular flexibility index (Phi) is 12.3. The number of rotatable bonds is 11. The van der Waals surface area contributed by atoms with Crippen molar-refractivity contribution in [2.24, 2.45) is 0 Å². The minimum Gasteiger partial charge on any atom is -0.321 e. The molecule has 0 spiro atoms. The van der Waals surface area contributed by atoms with Crippen LogP contribution in [0.1, 0.15) is 26.7 Å². The van der Waals surface area contributed by atoms with E-state index in [0.717, 1.165) is 10.5 Å². The van der Waals surface area contributed by atoms with Gasteiger partial charge in [-0.05, 0) is 77.9 Å². The molecule has 0 saturated heterocycles. The predicted octanol–water partition coefficient (Wildman–Crippen LogP) is 11.3. The van der Waals surface area contributed by atoms with Crippen LogP contribution in [0.4, 0.5) is 10.8 Å². The molecule has 1 heterocycles. The number of amides is 3. The van der Waals surface area contributed by atoms with E-state index in [-0.39, 0.29) is 16.6 Å². The molecule has 6 aromatic rings. The van der Waals surface area contributed by atoms with Gasteiger partial charge in [-0.25, -0.2) is 4.98 Å². The Balaban J connectivity index is 1.18. The van der Waals surface area contributed by atoms with Crippen molar-refractivity contribution in [3.8, 4) is 11.3 Å². The molecular weight excluding hydrogens is 778 g/mol. The molecule has 0 radical (unpaired) electrons. The number of nitrogens with zero attached hydrogens (tertiary/aromatic N) is 1. The summed E-state index contributed by atoms with van der Waals surface area (Å²) in [5.41, 5.74) is 3.37. The summed E-state index contributed by atoms with van der Waals surface area (Å²) in [7, 11) is 0. The molecule has 3 amide bonds. The molecule has 13 heteroatoms. The fraction of sp³-hybridized carbons (Fsp3) is 0.0256. The second-order valence-corrected chi connectivity index (χ2v) is 14.7. The summed E-state index contributed by atoms with van der Waals surface area (Å²) in [6.07, 6.45) is 1.47. The number of carbonyl (C=O) groups is 3. The van der Waals surface area contributed by atoms with Crippen LogP contribution in [0, 0.1) is 0 Å². The summed E-state index contributed by atoms with van der Waals surface area (Å²) in [6.45, 7) is 0. The lowest BCUT2D eigenvalue weighted by molar-refractivity contribution is -0.116. The van der Waals surface area contributed by atoms with Crippen molar-refractivity contribution in [1.29, 1.82) is 0 Å². The first-order valence-electron chi connectivity index (χ1n) is 15.5. The maximum Gasteiger partial charge on any atom is 0.272 e. The van der Waals surface area contributed by atoms with Crippen LogP contribution >= 0.6 is 69.5 Å². The zero-order chi connectivity index (χ0) is 36.6. The summed E-state index contributed by atoms with van der Waals surface area (Å²) >= 11 is 27.7. The van der Waals surface area contributed by atoms with Crippen LogP contribution < -0.4 is 16.0 Å². The average Bonchev–Trinajstić information content (AvgIpc) is 3.61. The Bertz CT molecular complexity index is 2270. The van der Waals surface area contributed by atoms with Crippen LogP contribution in [0.2, 0.25) is 20.1 Å². The van der Waals surface area contributed by atoms with E-state index in [0.29, 0.717) is 48.3 Å². The number of nitrogens with one attached hydrogen (secondary N) is 3. The first kappa shape index (κ1) is 37.2. The van der Waals surface area contributed by atoms with Crippen molar-refractivity contribution in [2.45, 2.75) is 10.1 Å². The molecule has 0 fully saturated rings. The van der Waals surface area contributed by atoms with Gasteiger partial charge < -0.3 is 16.0 Å². The van der Waals surface area contributed by atoms with Gasteiger partial charge in [0.1, 0.15) is 10.9 Å². The van der Waals surface area contributed by atoms with Gasteiger partial charge in [-0.2, -0.15) is 0 Å². The van der Waals surface area contributed by atoms with E-state index in [2.05, 4.69) is 20.9 Å². The highest BCUT2D eigenvalue weighted by molar-refractivity contribution is 8.00. The van der Waals surface area contributed by atoms with Gasteiger partial charge >= 0.3 is 0 Å². The Morgan fingerprint density at radius 3 is 2.17 bits per heavy atom.